The van der Waals surface area contributed by atoms with E-state index >= 15 is 0 Å². The normalized spacial score (nSPS) is 16.3. The summed E-state index contributed by atoms with van der Waals surface area (Å²) in [5.41, 5.74) is 11.2. The van der Waals surface area contributed by atoms with Crippen molar-refractivity contribution in [2.24, 2.45) is 17.1 Å². The quantitative estimate of drug-likeness (QED) is 0.364. The van der Waals surface area contributed by atoms with Gasteiger partial charge >= 0.3 is 0 Å². The second-order valence-electron chi connectivity index (χ2n) is 11.3. The Morgan fingerprint density at radius 1 is 1.18 bits per heavy atom. The van der Waals surface area contributed by atoms with Crippen LogP contribution in [0, 0.1) is 11.3 Å². The number of primary amides is 1. The molecule has 5 N–H and O–H groups in total. The van der Waals surface area contributed by atoms with E-state index in [9.17, 15) is 14.4 Å². The molecule has 1 heterocycles. The highest BCUT2D eigenvalue weighted by atomic mass is 16.2. The number of carbonyl (C=O) groups excluding carboxylic acids is 3. The van der Waals surface area contributed by atoms with Crippen molar-refractivity contribution in [1.82, 2.24) is 21.1 Å². The lowest BCUT2D eigenvalue weighted by Crippen LogP contribution is -2.61. The van der Waals surface area contributed by atoms with Crippen molar-refractivity contribution in [3.05, 3.63) is 54.8 Å². The Labute approximate surface area is 236 Å². The first-order chi connectivity index (χ1) is 18.2. The molecule has 0 aliphatic carbocycles. The van der Waals surface area contributed by atoms with Gasteiger partial charge in [-0.3, -0.25) is 19.4 Å². The van der Waals surface area contributed by atoms with Crippen LogP contribution in [0.15, 0.2) is 43.6 Å². The minimum Gasteiger partial charge on any atom is -0.380 e. The van der Waals surface area contributed by atoms with Crippen LogP contribution in [-0.2, 0) is 20.8 Å². The number of aryl methyl sites for hydroxylation is 1. The molecule has 3 unspecified atom stereocenters. The highest BCUT2D eigenvalue weighted by Crippen LogP contribution is 2.16. The average Bonchev–Trinajstić information content (AvgIpc) is 2.91. The molecular weight excluding hydrogens is 490 g/mol. The molecule has 2 rings (SSSR count). The zero-order valence-electron chi connectivity index (χ0n) is 25.5. The summed E-state index contributed by atoms with van der Waals surface area (Å²) >= 11 is 0. The molecule has 8 nitrogen and oxygen atoms in total. The fourth-order valence-corrected chi connectivity index (χ4v) is 3.39. The molecule has 0 bridgehead atoms. The topological polar surface area (TPSA) is 117 Å². The fourth-order valence-electron chi connectivity index (χ4n) is 3.39. The van der Waals surface area contributed by atoms with E-state index in [1.165, 1.54) is 28.8 Å². The Kier molecular flexibility index (Phi) is 16.7. The zero-order valence-corrected chi connectivity index (χ0v) is 25.5. The largest absolute Gasteiger partial charge is 0.380 e. The van der Waals surface area contributed by atoms with Crippen LogP contribution in [0.25, 0.3) is 6.08 Å². The summed E-state index contributed by atoms with van der Waals surface area (Å²) in [6.07, 6.45) is 6.98. The first-order valence-corrected chi connectivity index (χ1v) is 14.0. The highest BCUT2D eigenvalue weighted by Gasteiger charge is 2.31. The molecule has 0 radical (unpaired) electrons. The molecule has 0 spiro atoms. The summed E-state index contributed by atoms with van der Waals surface area (Å²) in [7, 11) is 0. The number of hydrogen-bond donors (Lipinski definition) is 4. The van der Waals surface area contributed by atoms with Gasteiger partial charge in [0.05, 0.1) is 0 Å². The standard InChI is InChI=1S/C15H27N5O3.C10H12.C6H14/c1-5-17-12(9(2)3)14(22)18-10(4)15(23)20-8-6-7-11(19-20)13(16)21;1-3-9-6-5-7-10(4-2)8-9;1-5-6(2,3)4/h5,9-12,17,19H,1,6-8H2,2-4H3,(H2,16,21)(H,18,22);3,5-8H,1,4H2,2H3;5H2,1-4H3. The zero-order chi connectivity index (χ0) is 30.2. The monoisotopic (exact) mass is 543 g/mol. The van der Waals surface area contributed by atoms with Gasteiger partial charge in [0.1, 0.15) is 18.1 Å². The van der Waals surface area contributed by atoms with Crippen LogP contribution < -0.4 is 21.8 Å². The van der Waals surface area contributed by atoms with Gasteiger partial charge in [-0.15, -0.1) is 0 Å². The number of benzene rings is 1. The molecule has 220 valence electrons. The Morgan fingerprint density at radius 3 is 2.26 bits per heavy atom. The van der Waals surface area contributed by atoms with E-state index in [1.807, 2.05) is 19.9 Å². The third kappa shape index (κ3) is 14.6. The van der Waals surface area contributed by atoms with Crippen LogP contribution in [0.5, 0.6) is 0 Å². The maximum atomic E-state index is 12.4. The van der Waals surface area contributed by atoms with E-state index in [0.717, 1.165) is 6.42 Å². The van der Waals surface area contributed by atoms with Gasteiger partial charge in [0.2, 0.25) is 11.8 Å². The third-order valence-electron chi connectivity index (χ3n) is 6.43. The van der Waals surface area contributed by atoms with Crippen LogP contribution in [0.2, 0.25) is 0 Å². The Balaban J connectivity index is 0.000000735. The molecule has 39 heavy (non-hydrogen) atoms. The average molecular weight is 544 g/mol. The first-order valence-electron chi connectivity index (χ1n) is 14.0. The van der Waals surface area contributed by atoms with E-state index in [4.69, 9.17) is 5.73 Å². The summed E-state index contributed by atoms with van der Waals surface area (Å²) in [6.45, 7) is 24.2. The molecule has 1 aliphatic heterocycles. The summed E-state index contributed by atoms with van der Waals surface area (Å²) in [5, 5.41) is 6.92. The van der Waals surface area contributed by atoms with E-state index < -0.39 is 24.0 Å². The Bertz CT molecular complexity index is 923. The van der Waals surface area contributed by atoms with Gasteiger partial charge in [0, 0.05) is 6.54 Å². The smallest absolute Gasteiger partial charge is 0.258 e. The lowest BCUT2D eigenvalue weighted by Gasteiger charge is -2.34. The summed E-state index contributed by atoms with van der Waals surface area (Å²) in [6, 6.07) is 6.69. The molecule has 1 aromatic carbocycles. The number of hydrazine groups is 1. The van der Waals surface area contributed by atoms with Crippen molar-refractivity contribution in [1.29, 1.82) is 0 Å². The second-order valence-corrected chi connectivity index (χ2v) is 11.3. The van der Waals surface area contributed by atoms with Gasteiger partial charge in [0.15, 0.2) is 0 Å². The molecule has 0 aromatic heterocycles. The fraction of sp³-hybridized carbons (Fsp3) is 0.581. The van der Waals surface area contributed by atoms with Crippen molar-refractivity contribution in [2.75, 3.05) is 6.54 Å². The van der Waals surface area contributed by atoms with E-state index in [1.54, 1.807) is 6.92 Å². The second kappa shape index (κ2) is 18.2. The molecule has 3 atom stereocenters. The molecular formula is C31H53N5O3. The number of rotatable bonds is 9. The number of nitrogens with one attached hydrogen (secondary N) is 3. The minimum atomic E-state index is -0.713. The molecule has 0 saturated carbocycles. The number of carbonyl (C=O) groups is 3. The van der Waals surface area contributed by atoms with Crippen molar-refractivity contribution < 1.29 is 14.4 Å². The molecule has 1 aromatic rings. The number of nitrogens with zero attached hydrogens (tertiary/aromatic N) is 1. The Hall–Kier alpha value is -3.13. The van der Waals surface area contributed by atoms with Gasteiger partial charge in [0.25, 0.3) is 5.91 Å². The van der Waals surface area contributed by atoms with Crippen LogP contribution in [0.1, 0.15) is 85.8 Å². The lowest BCUT2D eigenvalue weighted by atomic mass is 9.94. The Morgan fingerprint density at radius 2 is 1.79 bits per heavy atom. The maximum Gasteiger partial charge on any atom is 0.258 e. The number of nitrogens with two attached hydrogens (primary N) is 1. The number of hydrogen-bond acceptors (Lipinski definition) is 5. The van der Waals surface area contributed by atoms with Gasteiger partial charge < -0.3 is 16.4 Å². The number of amides is 3. The van der Waals surface area contributed by atoms with Crippen molar-refractivity contribution in [3.8, 4) is 0 Å². The van der Waals surface area contributed by atoms with Crippen LogP contribution in [0.3, 0.4) is 0 Å². The summed E-state index contributed by atoms with van der Waals surface area (Å²) < 4.78 is 0. The van der Waals surface area contributed by atoms with Crippen LogP contribution >= 0.6 is 0 Å². The minimum absolute atomic E-state index is 0.0441. The molecule has 1 saturated heterocycles. The van der Waals surface area contributed by atoms with Gasteiger partial charge in [-0.05, 0) is 54.8 Å². The predicted octanol–water partition coefficient (Wildman–Crippen LogP) is 4.56. The SMILES string of the molecule is C=CNC(C(=O)NC(C)C(=O)N1CCCC(C(N)=O)N1)C(C)C.C=Cc1cccc(CC)c1.CCC(C)(C)C. The molecule has 1 aliphatic rings. The van der Waals surface area contributed by atoms with Gasteiger partial charge in [-0.25, -0.2) is 5.43 Å². The molecule has 3 amide bonds. The van der Waals surface area contributed by atoms with E-state index in [2.05, 4.69) is 88.1 Å². The first kappa shape index (κ1) is 35.9. The third-order valence-corrected chi connectivity index (χ3v) is 6.43. The maximum absolute atomic E-state index is 12.4. The van der Waals surface area contributed by atoms with Crippen molar-refractivity contribution in [2.45, 2.75) is 99.2 Å². The molecule has 8 heteroatoms. The lowest BCUT2D eigenvalue weighted by molar-refractivity contribution is -0.142. The predicted molar refractivity (Wildman–Crippen MR) is 162 cm³/mol. The van der Waals surface area contributed by atoms with Crippen molar-refractivity contribution in [3.63, 3.8) is 0 Å². The van der Waals surface area contributed by atoms with Crippen LogP contribution in [0.4, 0.5) is 0 Å². The summed E-state index contributed by atoms with van der Waals surface area (Å²) in [5.74, 6) is -1.02. The summed E-state index contributed by atoms with van der Waals surface area (Å²) in [4.78, 5) is 35.9. The van der Waals surface area contributed by atoms with Gasteiger partial charge in [-0.1, -0.05) is 98.4 Å². The van der Waals surface area contributed by atoms with E-state index in [0.29, 0.717) is 24.8 Å². The van der Waals surface area contributed by atoms with Crippen molar-refractivity contribution >= 4 is 23.8 Å². The highest BCUT2D eigenvalue weighted by molar-refractivity contribution is 5.90. The van der Waals surface area contributed by atoms with E-state index in [-0.39, 0.29) is 17.7 Å². The van der Waals surface area contributed by atoms with Gasteiger partial charge in [-0.2, -0.15) is 0 Å². The van der Waals surface area contributed by atoms with Crippen LogP contribution in [-0.4, -0.2) is 47.4 Å². The molecule has 1 fully saturated rings.